The standard InChI is InChI=1S/4C16H32O2.Ir/c4*1-2-3-4-5-6-7-8-9-10-11-12-13-14-15-16(17)18;/h4*2-15H2,1H3,(H,17,18);/q;;;;+4/p-4. The molecule has 1 radical (unpaired) electrons. The van der Waals surface area contributed by atoms with Crippen LogP contribution in [0, 0.1) is 0 Å². The van der Waals surface area contributed by atoms with Gasteiger partial charge in [0, 0.05) is 23.9 Å². The third kappa shape index (κ3) is 96.7. The van der Waals surface area contributed by atoms with E-state index in [1.807, 2.05) is 0 Å². The van der Waals surface area contributed by atoms with E-state index in [9.17, 15) is 39.6 Å². The molecule has 0 saturated carbocycles. The third-order valence-corrected chi connectivity index (χ3v) is 13.9. The Bertz CT molecular complexity index is 879. The Morgan fingerprint density at radius 3 is 0.342 bits per heavy atom. The molecule has 0 saturated heterocycles. The number of hydrogen-bond donors (Lipinski definition) is 0. The Labute approximate surface area is 468 Å². The summed E-state index contributed by atoms with van der Waals surface area (Å²) in [6, 6.07) is 0. The molecule has 0 aliphatic carbocycles. The molecule has 0 atom stereocenters. The molecule has 0 aromatic carbocycles. The fraction of sp³-hybridized carbons (Fsp3) is 0.938. The van der Waals surface area contributed by atoms with E-state index in [1.54, 1.807) is 0 Å². The number of carboxylic acid groups (broad SMARTS) is 4. The summed E-state index contributed by atoms with van der Waals surface area (Å²) in [4.78, 5) is 40.8. The van der Waals surface area contributed by atoms with Crippen LogP contribution < -0.4 is 20.4 Å². The van der Waals surface area contributed by atoms with Crippen LogP contribution in [0.25, 0.3) is 0 Å². The number of aliphatic carboxylic acids is 4. The molecule has 0 spiro atoms. The van der Waals surface area contributed by atoms with Crippen LogP contribution in [0.5, 0.6) is 0 Å². The molecule has 437 valence electrons. The topological polar surface area (TPSA) is 161 Å². The maximum Gasteiger partial charge on any atom is 4.00 e. The van der Waals surface area contributed by atoms with Gasteiger partial charge in [-0.2, -0.15) is 0 Å². The molecule has 0 unspecified atom stereocenters. The quantitative estimate of drug-likeness (QED) is 0.0544. The molecule has 73 heavy (non-hydrogen) atoms. The number of carboxylic acids is 4. The molecular weight excluding hydrogens is 1090 g/mol. The Balaban J connectivity index is -0.000000280. The van der Waals surface area contributed by atoms with Gasteiger partial charge >= 0.3 is 20.1 Å². The predicted octanol–water partition coefficient (Wildman–Crippen LogP) is 16.9. The summed E-state index contributed by atoms with van der Waals surface area (Å²) in [5.41, 5.74) is 0. The smallest absolute Gasteiger partial charge is 0.550 e. The summed E-state index contributed by atoms with van der Waals surface area (Å²) in [7, 11) is 0. The van der Waals surface area contributed by atoms with Gasteiger partial charge in [-0.25, -0.2) is 0 Å². The van der Waals surface area contributed by atoms with E-state index < -0.39 is 23.9 Å². The molecule has 0 bridgehead atoms. The van der Waals surface area contributed by atoms with Crippen molar-refractivity contribution in [1.82, 2.24) is 0 Å². The van der Waals surface area contributed by atoms with Gasteiger partial charge in [-0.05, 0) is 51.4 Å². The maximum absolute atomic E-state index is 10.2. The molecule has 0 amide bonds. The minimum absolute atomic E-state index is 0. The number of carbonyl (C=O) groups excluding carboxylic acids is 4. The zero-order valence-electron chi connectivity index (χ0n) is 49.2. The minimum Gasteiger partial charge on any atom is -0.550 e. The third-order valence-electron chi connectivity index (χ3n) is 13.9. The number of rotatable bonds is 56. The van der Waals surface area contributed by atoms with Crippen LogP contribution in [-0.4, -0.2) is 23.9 Å². The van der Waals surface area contributed by atoms with Gasteiger partial charge in [0.2, 0.25) is 0 Å². The Hall–Kier alpha value is -1.47. The maximum atomic E-state index is 10.2. The van der Waals surface area contributed by atoms with Crippen molar-refractivity contribution in [3.63, 3.8) is 0 Å². The predicted molar refractivity (Wildman–Crippen MR) is 301 cm³/mol. The zero-order chi connectivity index (χ0) is 53.9. The largest absolute Gasteiger partial charge is 4.00 e. The van der Waals surface area contributed by atoms with Gasteiger partial charge in [0.15, 0.2) is 0 Å². The Morgan fingerprint density at radius 1 is 0.178 bits per heavy atom. The van der Waals surface area contributed by atoms with Gasteiger partial charge in [-0.15, -0.1) is 0 Å². The van der Waals surface area contributed by atoms with E-state index in [0.717, 1.165) is 51.4 Å². The monoisotopic (exact) mass is 1210 g/mol. The van der Waals surface area contributed by atoms with Gasteiger partial charge in [0.05, 0.1) is 0 Å². The molecule has 0 heterocycles. The van der Waals surface area contributed by atoms with E-state index in [1.165, 1.54) is 283 Å². The molecule has 0 aromatic heterocycles. The van der Waals surface area contributed by atoms with Gasteiger partial charge < -0.3 is 39.6 Å². The van der Waals surface area contributed by atoms with Crippen molar-refractivity contribution in [2.24, 2.45) is 0 Å². The van der Waals surface area contributed by atoms with E-state index in [-0.39, 0.29) is 45.8 Å². The molecule has 0 N–H and O–H groups in total. The van der Waals surface area contributed by atoms with Crippen LogP contribution >= 0.6 is 0 Å². The van der Waals surface area contributed by atoms with Crippen molar-refractivity contribution >= 4 is 23.9 Å². The van der Waals surface area contributed by atoms with Crippen molar-refractivity contribution < 1.29 is 59.7 Å². The summed E-state index contributed by atoms with van der Waals surface area (Å²) in [6.07, 6.45) is 67.7. The average Bonchev–Trinajstić information content (AvgIpc) is 3.35. The Morgan fingerprint density at radius 2 is 0.260 bits per heavy atom. The number of unbranched alkanes of at least 4 members (excludes halogenated alkanes) is 48. The van der Waals surface area contributed by atoms with Crippen molar-refractivity contribution in [2.45, 2.75) is 387 Å². The summed E-state index contributed by atoms with van der Waals surface area (Å²) in [6.45, 7) is 9.03. The molecule has 0 aromatic rings. The molecule has 0 aliphatic rings. The van der Waals surface area contributed by atoms with Gasteiger partial charge in [0.1, 0.15) is 0 Å². The first-order valence-electron chi connectivity index (χ1n) is 31.9. The molecule has 0 fully saturated rings. The average molecular weight is 1210 g/mol. The van der Waals surface area contributed by atoms with Crippen LogP contribution in [0.4, 0.5) is 0 Å². The zero-order valence-corrected chi connectivity index (χ0v) is 51.6. The second kappa shape index (κ2) is 77.0. The molecule has 0 rings (SSSR count). The molecule has 8 nitrogen and oxygen atoms in total. The van der Waals surface area contributed by atoms with Crippen LogP contribution in [0.3, 0.4) is 0 Å². The summed E-state index contributed by atoms with van der Waals surface area (Å²) < 4.78 is 0. The Kier molecular flexibility index (Phi) is 84.8. The van der Waals surface area contributed by atoms with E-state index in [4.69, 9.17) is 0 Å². The fourth-order valence-electron chi connectivity index (χ4n) is 9.15. The number of carbonyl (C=O) groups is 4. The first-order valence-corrected chi connectivity index (χ1v) is 31.9. The van der Waals surface area contributed by atoms with E-state index >= 15 is 0 Å². The summed E-state index contributed by atoms with van der Waals surface area (Å²) in [5.74, 6) is -3.62. The van der Waals surface area contributed by atoms with Crippen molar-refractivity contribution in [3.8, 4) is 0 Å². The van der Waals surface area contributed by atoms with Crippen LogP contribution in [0.15, 0.2) is 0 Å². The summed E-state index contributed by atoms with van der Waals surface area (Å²) >= 11 is 0. The second-order valence-electron chi connectivity index (χ2n) is 21.5. The van der Waals surface area contributed by atoms with Crippen molar-refractivity contribution in [3.05, 3.63) is 0 Å². The molecular formula is C64H124IrO8. The van der Waals surface area contributed by atoms with E-state index in [2.05, 4.69) is 27.7 Å². The van der Waals surface area contributed by atoms with Crippen LogP contribution in [0.2, 0.25) is 0 Å². The first kappa shape index (κ1) is 80.4. The van der Waals surface area contributed by atoms with Crippen molar-refractivity contribution in [2.75, 3.05) is 0 Å². The molecule has 0 aliphatic heterocycles. The van der Waals surface area contributed by atoms with Crippen LogP contribution in [-0.2, 0) is 39.3 Å². The van der Waals surface area contributed by atoms with Gasteiger partial charge in [-0.3, -0.25) is 0 Å². The van der Waals surface area contributed by atoms with Crippen LogP contribution in [0.1, 0.15) is 387 Å². The van der Waals surface area contributed by atoms with E-state index in [0.29, 0.717) is 0 Å². The van der Waals surface area contributed by atoms with Crippen molar-refractivity contribution in [1.29, 1.82) is 0 Å². The SMILES string of the molecule is CCCCCCCCCCCCCCCC(=O)[O-].CCCCCCCCCCCCCCCC(=O)[O-].CCCCCCCCCCCCCCCC(=O)[O-].CCCCCCCCCCCCCCCC(=O)[O-].[Ir+4]. The number of hydrogen-bond acceptors (Lipinski definition) is 8. The summed E-state index contributed by atoms with van der Waals surface area (Å²) in [5, 5.41) is 40.8. The second-order valence-corrected chi connectivity index (χ2v) is 21.5. The minimum atomic E-state index is -0.905. The van der Waals surface area contributed by atoms with Gasteiger partial charge in [-0.1, -0.05) is 336 Å². The first-order chi connectivity index (χ1) is 35.1. The van der Waals surface area contributed by atoms with Gasteiger partial charge in [0.25, 0.3) is 0 Å². The normalized spacial score (nSPS) is 10.6. The fourth-order valence-corrected chi connectivity index (χ4v) is 9.15. The molecule has 9 heteroatoms.